The Morgan fingerprint density at radius 1 is 0.639 bits per heavy atom. The van der Waals surface area contributed by atoms with E-state index in [1.807, 2.05) is 6.08 Å². The van der Waals surface area contributed by atoms with Crippen molar-refractivity contribution in [2.24, 2.45) is 0 Å². The van der Waals surface area contributed by atoms with Crippen molar-refractivity contribution in [2.75, 3.05) is 19.5 Å². The zero-order valence-electron chi connectivity index (χ0n) is 39.0. The standard InChI is InChI=1S/C49H93NO10S/c1-4-6-8-10-12-14-16-18-19-20-21-22-23-24-25-27-29-31-33-35-37-39-45(53)50-42(43(52)38-36-34-32-30-28-26-17-15-13-11-9-7-5-2)41-58-49-47(55)48(60-61(3,56)57)46(54)44(40-51)59-49/h18-19,36,38,42-44,46-49,51-52,54-55H,4-17,20-35,37,39-41H2,1-3H3,(H,50,53)/b19-18-,38-36+/t42?,43?,44?,46-,47?,48?,49+/m0/s1. The van der Waals surface area contributed by atoms with E-state index in [9.17, 15) is 33.6 Å². The van der Waals surface area contributed by atoms with E-state index >= 15 is 0 Å². The van der Waals surface area contributed by atoms with Gasteiger partial charge in [0, 0.05) is 6.42 Å². The third-order valence-electron chi connectivity index (χ3n) is 11.8. The third-order valence-corrected chi connectivity index (χ3v) is 12.4. The number of unbranched alkanes of at least 4 members (excludes halogenated alkanes) is 28. The van der Waals surface area contributed by atoms with Gasteiger partial charge in [-0.15, -0.1) is 0 Å². The van der Waals surface area contributed by atoms with Crippen molar-refractivity contribution < 1.29 is 47.3 Å². The molecule has 1 heterocycles. The Morgan fingerprint density at radius 3 is 1.48 bits per heavy atom. The highest BCUT2D eigenvalue weighted by atomic mass is 32.2. The first-order valence-corrected chi connectivity index (χ1v) is 26.8. The van der Waals surface area contributed by atoms with E-state index in [2.05, 4.69) is 31.3 Å². The van der Waals surface area contributed by atoms with Gasteiger partial charge in [0.25, 0.3) is 10.1 Å². The monoisotopic (exact) mass is 888 g/mol. The minimum Gasteiger partial charge on any atom is -0.394 e. The van der Waals surface area contributed by atoms with Gasteiger partial charge in [-0.05, 0) is 44.9 Å². The van der Waals surface area contributed by atoms with Gasteiger partial charge in [-0.3, -0.25) is 8.98 Å². The molecule has 360 valence electrons. The van der Waals surface area contributed by atoms with Crippen LogP contribution >= 0.6 is 0 Å². The van der Waals surface area contributed by atoms with Crippen LogP contribution in [0.15, 0.2) is 24.3 Å². The summed E-state index contributed by atoms with van der Waals surface area (Å²) in [4.78, 5) is 13.1. The molecule has 0 spiro atoms. The summed E-state index contributed by atoms with van der Waals surface area (Å²) in [5.41, 5.74) is 0. The average molecular weight is 888 g/mol. The molecule has 0 aromatic rings. The molecule has 0 aromatic carbocycles. The van der Waals surface area contributed by atoms with Crippen LogP contribution in [0.2, 0.25) is 0 Å². The highest BCUT2D eigenvalue weighted by Crippen LogP contribution is 2.26. The number of carbonyl (C=O) groups is 1. The fourth-order valence-corrected chi connectivity index (χ4v) is 8.55. The molecule has 7 atom stereocenters. The molecule has 1 saturated heterocycles. The topological polar surface area (TPSA) is 172 Å². The maximum Gasteiger partial charge on any atom is 0.264 e. The van der Waals surface area contributed by atoms with Crippen molar-refractivity contribution in [1.82, 2.24) is 5.32 Å². The van der Waals surface area contributed by atoms with Crippen LogP contribution in [0.1, 0.15) is 219 Å². The van der Waals surface area contributed by atoms with Crippen LogP contribution in [-0.4, -0.2) is 97.1 Å². The normalized spacial score (nSPS) is 20.8. The van der Waals surface area contributed by atoms with Crippen LogP contribution in [0, 0.1) is 0 Å². The van der Waals surface area contributed by atoms with E-state index in [1.165, 1.54) is 154 Å². The molecule has 11 nitrogen and oxygen atoms in total. The summed E-state index contributed by atoms with van der Waals surface area (Å²) in [5.74, 6) is -0.230. The van der Waals surface area contributed by atoms with Crippen molar-refractivity contribution in [1.29, 1.82) is 0 Å². The Bertz CT molecular complexity index is 1180. The minimum atomic E-state index is -4.08. The number of carbonyl (C=O) groups excluding carboxylic acids is 1. The molecule has 1 amide bonds. The molecule has 0 bridgehead atoms. The van der Waals surface area contributed by atoms with Crippen LogP contribution in [0.5, 0.6) is 0 Å². The van der Waals surface area contributed by atoms with Crippen LogP contribution in [0.3, 0.4) is 0 Å². The van der Waals surface area contributed by atoms with Crippen molar-refractivity contribution >= 4 is 16.0 Å². The number of nitrogens with one attached hydrogen (secondary N) is 1. The van der Waals surface area contributed by atoms with Crippen LogP contribution in [0.4, 0.5) is 0 Å². The molecule has 61 heavy (non-hydrogen) atoms. The largest absolute Gasteiger partial charge is 0.394 e. The Labute approximate surface area is 373 Å². The molecule has 5 N–H and O–H groups in total. The maximum absolute atomic E-state index is 13.1. The predicted octanol–water partition coefficient (Wildman–Crippen LogP) is 10.3. The van der Waals surface area contributed by atoms with E-state index in [-0.39, 0.29) is 12.5 Å². The fourth-order valence-electron chi connectivity index (χ4n) is 7.92. The zero-order chi connectivity index (χ0) is 44.8. The van der Waals surface area contributed by atoms with E-state index in [1.54, 1.807) is 6.08 Å². The Balaban J connectivity index is 2.44. The lowest BCUT2D eigenvalue weighted by Crippen LogP contribution is -2.61. The first kappa shape index (κ1) is 57.6. The lowest BCUT2D eigenvalue weighted by atomic mass is 9.99. The zero-order valence-corrected chi connectivity index (χ0v) is 39.9. The Kier molecular flexibility index (Phi) is 36.9. The number of amides is 1. The second-order valence-electron chi connectivity index (χ2n) is 17.7. The summed E-state index contributed by atoms with van der Waals surface area (Å²) in [6.07, 6.45) is 38.5. The lowest BCUT2D eigenvalue weighted by molar-refractivity contribution is -0.298. The maximum atomic E-state index is 13.1. The molecule has 0 saturated carbocycles. The number of aliphatic hydroxyl groups excluding tert-OH is 4. The van der Waals surface area contributed by atoms with Gasteiger partial charge >= 0.3 is 0 Å². The molecule has 0 aromatic heterocycles. The SMILES string of the molecule is CCCCCCCC/C=C\CCCCCCCCCCCCCC(=O)NC(CO[C@@H]1OC(CO)[C@H](O)C(OS(C)(=O)=O)C1O)C(O)/C=C/CCCCCCCCCCCCC. The van der Waals surface area contributed by atoms with Gasteiger partial charge in [0.1, 0.15) is 24.4 Å². The molecule has 5 unspecified atom stereocenters. The van der Waals surface area contributed by atoms with E-state index < -0.39 is 59.6 Å². The molecule has 1 aliphatic heterocycles. The molecule has 1 aliphatic rings. The van der Waals surface area contributed by atoms with E-state index in [0.717, 1.165) is 51.2 Å². The lowest BCUT2D eigenvalue weighted by Gasteiger charge is -2.41. The van der Waals surface area contributed by atoms with Crippen molar-refractivity contribution in [3.8, 4) is 0 Å². The van der Waals surface area contributed by atoms with Gasteiger partial charge in [-0.2, -0.15) is 8.42 Å². The van der Waals surface area contributed by atoms with Gasteiger partial charge in [-0.1, -0.05) is 192 Å². The summed E-state index contributed by atoms with van der Waals surface area (Å²) in [6.45, 7) is 3.54. The summed E-state index contributed by atoms with van der Waals surface area (Å²) < 4.78 is 39.9. The number of hydrogen-bond acceptors (Lipinski definition) is 10. The van der Waals surface area contributed by atoms with Gasteiger partial charge < -0.3 is 35.2 Å². The summed E-state index contributed by atoms with van der Waals surface area (Å²) in [5, 5.41) is 45.1. The van der Waals surface area contributed by atoms with Gasteiger partial charge in [0.15, 0.2) is 6.29 Å². The summed E-state index contributed by atoms with van der Waals surface area (Å²) in [7, 11) is -4.08. The molecule has 1 fully saturated rings. The molecular weight excluding hydrogens is 795 g/mol. The molecule has 1 rings (SSSR count). The summed E-state index contributed by atoms with van der Waals surface area (Å²) >= 11 is 0. The molecule has 0 radical (unpaired) electrons. The van der Waals surface area contributed by atoms with E-state index in [4.69, 9.17) is 13.7 Å². The quantitative estimate of drug-likeness (QED) is 0.0226. The number of ether oxygens (including phenoxy) is 2. The first-order valence-electron chi connectivity index (χ1n) is 24.9. The molecular formula is C49H93NO10S. The van der Waals surface area contributed by atoms with Gasteiger partial charge in [0.05, 0.1) is 31.6 Å². The van der Waals surface area contributed by atoms with Gasteiger partial charge in [-0.25, -0.2) is 0 Å². The van der Waals surface area contributed by atoms with Crippen molar-refractivity contribution in [2.45, 2.75) is 262 Å². The number of rotatable bonds is 42. The summed E-state index contributed by atoms with van der Waals surface area (Å²) in [6, 6.07) is -0.892. The fraction of sp³-hybridized carbons (Fsp3) is 0.898. The van der Waals surface area contributed by atoms with Crippen LogP contribution in [0.25, 0.3) is 0 Å². The highest BCUT2D eigenvalue weighted by Gasteiger charge is 2.47. The number of aliphatic hydroxyl groups is 4. The van der Waals surface area contributed by atoms with Crippen LogP contribution in [-0.2, 0) is 28.6 Å². The second kappa shape index (κ2) is 39.0. The molecule has 12 heteroatoms. The van der Waals surface area contributed by atoms with Crippen LogP contribution < -0.4 is 5.32 Å². The third kappa shape index (κ3) is 32.0. The smallest absolute Gasteiger partial charge is 0.264 e. The number of hydrogen-bond donors (Lipinski definition) is 5. The average Bonchev–Trinajstić information content (AvgIpc) is 3.23. The van der Waals surface area contributed by atoms with Gasteiger partial charge in [0.2, 0.25) is 5.91 Å². The Hall–Kier alpha value is -1.38. The van der Waals surface area contributed by atoms with Crippen molar-refractivity contribution in [3.63, 3.8) is 0 Å². The molecule has 0 aliphatic carbocycles. The Morgan fingerprint density at radius 2 is 1.05 bits per heavy atom. The predicted molar refractivity (Wildman–Crippen MR) is 249 cm³/mol. The first-order chi connectivity index (χ1) is 29.5. The highest BCUT2D eigenvalue weighted by molar-refractivity contribution is 7.86. The van der Waals surface area contributed by atoms with E-state index in [0.29, 0.717) is 6.42 Å². The number of allylic oxidation sites excluding steroid dienone is 3. The second-order valence-corrected chi connectivity index (χ2v) is 19.3. The minimum absolute atomic E-state index is 0.230. The van der Waals surface area contributed by atoms with Crippen molar-refractivity contribution in [3.05, 3.63) is 24.3 Å².